The minimum absolute atomic E-state index is 0.513. The van der Waals surface area contributed by atoms with Gasteiger partial charge in [0.15, 0.2) is 0 Å². The van der Waals surface area contributed by atoms with Crippen LogP contribution >= 0.6 is 0 Å². The average molecular weight is 224 g/mol. The number of rotatable bonds is 1. The molecule has 1 saturated heterocycles. The van der Waals surface area contributed by atoms with Crippen LogP contribution in [0.25, 0.3) is 5.57 Å². The predicted octanol–water partition coefficient (Wildman–Crippen LogP) is 2.22. The van der Waals surface area contributed by atoms with Crippen molar-refractivity contribution in [2.75, 3.05) is 6.54 Å². The number of pyridine rings is 1. The minimum atomic E-state index is 0.513. The molecule has 86 valence electrons. The molecule has 17 heavy (non-hydrogen) atoms. The fourth-order valence-corrected chi connectivity index (χ4v) is 2.99. The van der Waals surface area contributed by atoms with Crippen LogP contribution in [-0.4, -0.2) is 17.6 Å². The van der Waals surface area contributed by atoms with Crippen molar-refractivity contribution in [2.45, 2.75) is 25.3 Å². The molecule has 1 fully saturated rings. The van der Waals surface area contributed by atoms with Crippen LogP contribution in [-0.2, 0) is 0 Å². The Morgan fingerprint density at radius 1 is 1.35 bits per heavy atom. The number of hydrogen-bond donors (Lipinski definition) is 1. The van der Waals surface area contributed by atoms with Crippen molar-refractivity contribution >= 4 is 5.57 Å². The van der Waals surface area contributed by atoms with E-state index in [1.54, 1.807) is 6.20 Å². The van der Waals surface area contributed by atoms with E-state index in [0.717, 1.165) is 18.0 Å². The second-order valence-electron chi connectivity index (χ2n) is 4.82. The Bertz CT molecular complexity index is 496. The molecule has 1 N–H and O–H groups in total. The molecule has 1 aromatic heterocycles. The number of hydrogen-bond acceptors (Lipinski definition) is 2. The van der Waals surface area contributed by atoms with E-state index >= 15 is 0 Å². The minimum Gasteiger partial charge on any atom is -0.310 e. The van der Waals surface area contributed by atoms with E-state index in [-0.39, 0.29) is 0 Å². The third-order valence-corrected chi connectivity index (χ3v) is 3.83. The molecule has 2 nitrogen and oxygen atoms in total. The normalized spacial score (nSPS) is 27.1. The van der Waals surface area contributed by atoms with Gasteiger partial charge >= 0.3 is 0 Å². The first-order valence-electron chi connectivity index (χ1n) is 6.24. The van der Waals surface area contributed by atoms with Gasteiger partial charge in [-0.3, -0.25) is 4.98 Å². The van der Waals surface area contributed by atoms with Gasteiger partial charge in [-0.2, -0.15) is 0 Å². The Balaban J connectivity index is 1.97. The van der Waals surface area contributed by atoms with Crippen LogP contribution in [0.15, 0.2) is 24.5 Å². The Labute approximate surface area is 102 Å². The van der Waals surface area contributed by atoms with E-state index in [4.69, 9.17) is 6.42 Å². The lowest BCUT2D eigenvalue weighted by Gasteiger charge is -2.27. The van der Waals surface area contributed by atoms with Gasteiger partial charge < -0.3 is 5.32 Å². The van der Waals surface area contributed by atoms with Gasteiger partial charge in [0, 0.05) is 24.0 Å². The molecule has 0 bridgehead atoms. The lowest BCUT2D eigenvalue weighted by atomic mass is 9.82. The van der Waals surface area contributed by atoms with E-state index in [1.165, 1.54) is 30.4 Å². The zero-order valence-corrected chi connectivity index (χ0v) is 9.82. The first-order valence-corrected chi connectivity index (χ1v) is 6.24. The fraction of sp³-hybridized carbons (Fsp3) is 0.400. The fourth-order valence-electron chi connectivity index (χ4n) is 2.99. The maximum Gasteiger partial charge on any atom is 0.0432 e. The number of fused-ring (bicyclic) bond motifs is 1. The molecule has 1 aliphatic heterocycles. The smallest absolute Gasteiger partial charge is 0.0432 e. The summed E-state index contributed by atoms with van der Waals surface area (Å²) in [5.74, 6) is 3.45. The van der Waals surface area contributed by atoms with E-state index < -0.39 is 0 Å². The van der Waals surface area contributed by atoms with E-state index in [9.17, 15) is 0 Å². The highest BCUT2D eigenvalue weighted by atomic mass is 15.0. The molecule has 2 unspecified atom stereocenters. The van der Waals surface area contributed by atoms with Crippen molar-refractivity contribution in [1.82, 2.24) is 10.3 Å². The Hall–Kier alpha value is -1.59. The van der Waals surface area contributed by atoms with Crippen LogP contribution in [0.3, 0.4) is 0 Å². The summed E-state index contributed by atoms with van der Waals surface area (Å²) in [5, 5.41) is 3.60. The Morgan fingerprint density at radius 3 is 3.18 bits per heavy atom. The molecule has 3 rings (SSSR count). The molecule has 0 aromatic carbocycles. The van der Waals surface area contributed by atoms with Crippen LogP contribution < -0.4 is 5.32 Å². The summed E-state index contributed by atoms with van der Waals surface area (Å²) < 4.78 is 0. The number of nitrogens with one attached hydrogen (secondary N) is 1. The molecule has 0 amide bonds. The second kappa shape index (κ2) is 4.35. The third kappa shape index (κ3) is 1.87. The Morgan fingerprint density at radius 2 is 2.29 bits per heavy atom. The van der Waals surface area contributed by atoms with Gasteiger partial charge in [0.25, 0.3) is 0 Å². The van der Waals surface area contributed by atoms with Gasteiger partial charge in [-0.05, 0) is 48.9 Å². The maximum atomic E-state index is 5.43. The van der Waals surface area contributed by atoms with Crippen LogP contribution in [0.1, 0.15) is 30.4 Å². The second-order valence-corrected chi connectivity index (χ2v) is 4.82. The molecule has 2 heterocycles. The van der Waals surface area contributed by atoms with Crippen molar-refractivity contribution in [1.29, 1.82) is 0 Å². The lowest BCUT2D eigenvalue weighted by Crippen LogP contribution is -2.30. The van der Waals surface area contributed by atoms with Crippen molar-refractivity contribution in [2.24, 2.45) is 5.92 Å². The maximum absolute atomic E-state index is 5.43. The molecule has 0 spiro atoms. The highest BCUT2D eigenvalue weighted by molar-refractivity contribution is 5.71. The van der Waals surface area contributed by atoms with Crippen LogP contribution in [0.4, 0.5) is 0 Å². The number of terminal acetylenes is 1. The van der Waals surface area contributed by atoms with Crippen molar-refractivity contribution in [3.8, 4) is 12.3 Å². The van der Waals surface area contributed by atoms with E-state index in [0.29, 0.717) is 6.04 Å². The average Bonchev–Trinajstić information content (AvgIpc) is 2.87. The quantitative estimate of drug-likeness (QED) is 0.740. The summed E-state index contributed by atoms with van der Waals surface area (Å²) in [6.07, 6.45) is 15.2. The number of nitrogens with zero attached hydrogens (tertiary/aromatic N) is 1. The van der Waals surface area contributed by atoms with E-state index in [2.05, 4.69) is 28.4 Å². The van der Waals surface area contributed by atoms with Gasteiger partial charge in [0.1, 0.15) is 0 Å². The molecule has 0 saturated carbocycles. The highest BCUT2D eigenvalue weighted by Gasteiger charge is 2.32. The molecule has 1 aliphatic carbocycles. The summed E-state index contributed by atoms with van der Waals surface area (Å²) in [6, 6.07) is 2.58. The van der Waals surface area contributed by atoms with Gasteiger partial charge in [0.2, 0.25) is 0 Å². The van der Waals surface area contributed by atoms with Crippen molar-refractivity contribution in [3.05, 3.63) is 35.7 Å². The van der Waals surface area contributed by atoms with Gasteiger partial charge in [-0.15, -0.1) is 6.42 Å². The summed E-state index contributed by atoms with van der Waals surface area (Å²) in [6.45, 7) is 1.13. The molecular formula is C15H16N2. The van der Waals surface area contributed by atoms with Crippen LogP contribution in [0.5, 0.6) is 0 Å². The van der Waals surface area contributed by atoms with Crippen molar-refractivity contribution < 1.29 is 0 Å². The van der Waals surface area contributed by atoms with Gasteiger partial charge in [-0.1, -0.05) is 12.0 Å². The topological polar surface area (TPSA) is 24.9 Å². The zero-order chi connectivity index (χ0) is 11.7. The zero-order valence-electron chi connectivity index (χ0n) is 9.82. The summed E-state index contributed by atoms with van der Waals surface area (Å²) in [5.41, 5.74) is 3.44. The monoisotopic (exact) mass is 224 g/mol. The summed E-state index contributed by atoms with van der Waals surface area (Å²) in [7, 11) is 0. The molecule has 1 aromatic rings. The first kappa shape index (κ1) is 10.6. The largest absolute Gasteiger partial charge is 0.310 e. The molecule has 0 radical (unpaired) electrons. The summed E-state index contributed by atoms with van der Waals surface area (Å²) >= 11 is 0. The van der Waals surface area contributed by atoms with Gasteiger partial charge in [-0.25, -0.2) is 0 Å². The molecule has 2 atom stereocenters. The van der Waals surface area contributed by atoms with Gasteiger partial charge in [0.05, 0.1) is 0 Å². The van der Waals surface area contributed by atoms with Crippen LogP contribution in [0.2, 0.25) is 0 Å². The lowest BCUT2D eigenvalue weighted by molar-refractivity contribution is 0.470. The van der Waals surface area contributed by atoms with Crippen LogP contribution in [0, 0.1) is 18.3 Å². The van der Waals surface area contributed by atoms with Crippen molar-refractivity contribution in [3.63, 3.8) is 0 Å². The predicted molar refractivity (Wildman–Crippen MR) is 69.3 cm³/mol. The SMILES string of the molecule is C#Cc1cncc(C2=CCCC3CCNC23)c1. The Kier molecular flexibility index (Phi) is 2.70. The summed E-state index contributed by atoms with van der Waals surface area (Å²) in [4.78, 5) is 4.23. The standard InChI is InChI=1S/C15H16N2/c1-2-11-8-13(10-16-9-11)14-5-3-4-12-6-7-17-15(12)14/h1,5,8-10,12,15,17H,3-4,6-7H2. The highest BCUT2D eigenvalue weighted by Crippen LogP contribution is 2.35. The molecule has 2 aliphatic rings. The third-order valence-electron chi connectivity index (χ3n) is 3.83. The van der Waals surface area contributed by atoms with E-state index in [1.807, 2.05) is 6.20 Å². The molecular weight excluding hydrogens is 208 g/mol. The molecule has 2 heteroatoms. The first-order chi connectivity index (χ1) is 8.38. The number of aromatic nitrogens is 1. The number of allylic oxidation sites excluding steroid dienone is 1.